The minimum atomic E-state index is 1.12. The van der Waals surface area contributed by atoms with E-state index >= 15 is 0 Å². The summed E-state index contributed by atoms with van der Waals surface area (Å²) in [6, 6.07) is 102. The van der Waals surface area contributed by atoms with E-state index in [0.717, 1.165) is 33.9 Å². The van der Waals surface area contributed by atoms with Crippen molar-refractivity contribution in [3.05, 3.63) is 279 Å². The van der Waals surface area contributed by atoms with E-state index in [1.54, 1.807) is 0 Å². The Labute approximate surface area is 438 Å². The molecule has 0 unspecified atom stereocenters. The van der Waals surface area contributed by atoms with E-state index in [2.05, 4.69) is 297 Å². The smallest absolute Gasteiger partial charge is 0.0562 e. The van der Waals surface area contributed by atoms with Crippen molar-refractivity contribution in [1.82, 2.24) is 18.3 Å². The zero-order valence-corrected chi connectivity index (χ0v) is 41.3. The summed E-state index contributed by atoms with van der Waals surface area (Å²) in [6.45, 7) is 0. The standard InChI is InChI=1S/C72H46N4/c1-5-17-47(18-6-1)51-33-39-67-59(41-51)63-43-61-57-25-13-15-27-65(57)73(53-21-9-3-10-22-53)69(61)45-71(63)75(67)55-35-29-49(30-36-55)50-31-37-56(38-32-50)76-68-40-34-52(48-19-7-2-8-20-48)42-60(68)64-44-62-58-26-14-16-28-66(58)74(70(62)46-72(64)76)54-23-11-4-12-24-54/h1-46H. The van der Waals surface area contributed by atoms with Gasteiger partial charge >= 0.3 is 0 Å². The molecule has 76 heavy (non-hydrogen) atoms. The molecule has 0 fully saturated rings. The van der Waals surface area contributed by atoms with Crippen LogP contribution in [0.3, 0.4) is 0 Å². The van der Waals surface area contributed by atoms with Gasteiger partial charge in [-0.05, 0) is 143 Å². The molecule has 4 heterocycles. The van der Waals surface area contributed by atoms with E-state index in [4.69, 9.17) is 0 Å². The van der Waals surface area contributed by atoms with Crippen LogP contribution in [-0.4, -0.2) is 18.3 Å². The van der Waals surface area contributed by atoms with Crippen molar-refractivity contribution in [1.29, 1.82) is 0 Å². The summed E-state index contributed by atoms with van der Waals surface area (Å²) >= 11 is 0. The monoisotopic (exact) mass is 966 g/mol. The first-order chi connectivity index (χ1) is 37.7. The molecule has 4 nitrogen and oxygen atoms in total. The van der Waals surface area contributed by atoms with Gasteiger partial charge in [0.1, 0.15) is 0 Å². The molecule has 0 radical (unpaired) electrons. The fraction of sp³-hybridized carbons (Fsp3) is 0. The second-order valence-electron chi connectivity index (χ2n) is 20.1. The molecule has 12 aromatic carbocycles. The van der Waals surface area contributed by atoms with Crippen molar-refractivity contribution in [3.63, 3.8) is 0 Å². The summed E-state index contributed by atoms with van der Waals surface area (Å²) < 4.78 is 9.75. The van der Waals surface area contributed by atoms with E-state index in [-0.39, 0.29) is 0 Å². The Balaban J connectivity index is 0.843. The third kappa shape index (κ3) is 6.44. The van der Waals surface area contributed by atoms with Gasteiger partial charge in [0.15, 0.2) is 0 Å². The van der Waals surface area contributed by atoms with Gasteiger partial charge in [-0.1, -0.05) is 170 Å². The SMILES string of the molecule is c1ccc(-c2ccc3c(c2)c2cc4c5ccccc5n(-c5ccccc5)c4cc2n3-c2ccc(-c3ccc(-n4c5ccc(-c6ccccc6)cc5c5cc6c7ccccc7n(-c7ccccc7)c6cc54)cc3)cc2)cc1. The third-order valence-electron chi connectivity index (χ3n) is 15.9. The van der Waals surface area contributed by atoms with Gasteiger partial charge in [-0.25, -0.2) is 0 Å². The largest absolute Gasteiger partial charge is 0.309 e. The quantitative estimate of drug-likeness (QED) is 0.152. The number of fused-ring (bicyclic) bond motifs is 12. The molecule has 0 N–H and O–H groups in total. The van der Waals surface area contributed by atoms with E-state index in [0.29, 0.717) is 0 Å². The van der Waals surface area contributed by atoms with Crippen molar-refractivity contribution in [3.8, 4) is 56.1 Å². The van der Waals surface area contributed by atoms with Crippen LogP contribution in [0.2, 0.25) is 0 Å². The summed E-state index contributed by atoms with van der Waals surface area (Å²) in [7, 11) is 0. The van der Waals surface area contributed by atoms with Gasteiger partial charge in [0.05, 0.1) is 44.1 Å². The number of hydrogen-bond acceptors (Lipinski definition) is 0. The molecule has 354 valence electrons. The van der Waals surface area contributed by atoms with E-state index in [1.807, 2.05) is 0 Å². The lowest BCUT2D eigenvalue weighted by Gasteiger charge is -2.12. The predicted molar refractivity (Wildman–Crippen MR) is 320 cm³/mol. The highest BCUT2D eigenvalue weighted by atomic mass is 15.0. The van der Waals surface area contributed by atoms with Crippen LogP contribution in [0.15, 0.2) is 279 Å². The number of para-hydroxylation sites is 4. The second-order valence-corrected chi connectivity index (χ2v) is 20.1. The van der Waals surface area contributed by atoms with Crippen LogP contribution < -0.4 is 0 Å². The van der Waals surface area contributed by atoms with Gasteiger partial charge in [-0.2, -0.15) is 0 Å². The van der Waals surface area contributed by atoms with Crippen molar-refractivity contribution >= 4 is 87.2 Å². The molecule has 0 spiro atoms. The van der Waals surface area contributed by atoms with E-state index in [9.17, 15) is 0 Å². The highest BCUT2D eigenvalue weighted by Gasteiger charge is 2.22. The fourth-order valence-corrected chi connectivity index (χ4v) is 12.5. The Hall–Kier alpha value is -10.2. The highest BCUT2D eigenvalue weighted by Crippen LogP contribution is 2.43. The van der Waals surface area contributed by atoms with Crippen LogP contribution in [-0.2, 0) is 0 Å². The van der Waals surface area contributed by atoms with Crippen LogP contribution in [0.4, 0.5) is 0 Å². The molecule has 0 aliphatic heterocycles. The highest BCUT2D eigenvalue weighted by molar-refractivity contribution is 6.21. The first kappa shape index (κ1) is 42.4. The molecule has 4 heteroatoms. The summed E-state index contributed by atoms with van der Waals surface area (Å²) in [5.74, 6) is 0. The van der Waals surface area contributed by atoms with Gasteiger partial charge < -0.3 is 18.3 Å². The van der Waals surface area contributed by atoms with Crippen molar-refractivity contribution in [2.45, 2.75) is 0 Å². The first-order valence-corrected chi connectivity index (χ1v) is 26.2. The number of aromatic nitrogens is 4. The van der Waals surface area contributed by atoms with Crippen molar-refractivity contribution < 1.29 is 0 Å². The topological polar surface area (TPSA) is 19.7 Å². The predicted octanol–water partition coefficient (Wildman–Crippen LogP) is 19.1. The van der Waals surface area contributed by atoms with Crippen LogP contribution in [0, 0.1) is 0 Å². The molecule has 0 saturated heterocycles. The zero-order valence-electron chi connectivity index (χ0n) is 41.3. The molecule has 16 rings (SSSR count). The zero-order chi connectivity index (χ0) is 49.8. The molecular weight excluding hydrogens is 921 g/mol. The molecule has 0 aliphatic carbocycles. The molecule has 0 bridgehead atoms. The molecule has 0 aliphatic rings. The van der Waals surface area contributed by atoms with Gasteiger partial charge in [-0.3, -0.25) is 0 Å². The number of benzene rings is 12. The Kier molecular flexibility index (Phi) is 9.30. The first-order valence-electron chi connectivity index (χ1n) is 26.2. The van der Waals surface area contributed by atoms with Crippen molar-refractivity contribution in [2.24, 2.45) is 0 Å². The second kappa shape index (κ2) is 16.7. The Morgan fingerprint density at radius 3 is 0.789 bits per heavy atom. The minimum absolute atomic E-state index is 1.12. The Morgan fingerprint density at radius 2 is 0.408 bits per heavy atom. The summed E-state index contributed by atoms with van der Waals surface area (Å²) in [4.78, 5) is 0. The maximum Gasteiger partial charge on any atom is 0.0562 e. The summed E-state index contributed by atoms with van der Waals surface area (Å²) in [5, 5.41) is 9.93. The van der Waals surface area contributed by atoms with E-state index in [1.165, 1.54) is 109 Å². The van der Waals surface area contributed by atoms with E-state index < -0.39 is 0 Å². The number of hydrogen-bond donors (Lipinski definition) is 0. The molecule has 16 aromatic rings. The van der Waals surface area contributed by atoms with Gasteiger partial charge in [-0.15, -0.1) is 0 Å². The molecule has 0 atom stereocenters. The summed E-state index contributed by atoms with van der Waals surface area (Å²) in [6.07, 6.45) is 0. The average molecular weight is 967 g/mol. The third-order valence-corrected chi connectivity index (χ3v) is 15.9. The Bertz CT molecular complexity index is 4610. The summed E-state index contributed by atoms with van der Waals surface area (Å²) in [5.41, 5.74) is 21.2. The van der Waals surface area contributed by atoms with Crippen LogP contribution >= 0.6 is 0 Å². The maximum absolute atomic E-state index is 2.46. The Morgan fingerprint density at radius 1 is 0.145 bits per heavy atom. The van der Waals surface area contributed by atoms with Crippen LogP contribution in [0.25, 0.3) is 143 Å². The van der Waals surface area contributed by atoms with Gasteiger partial charge in [0.25, 0.3) is 0 Å². The average Bonchev–Trinajstić information content (AvgIpc) is 4.28. The van der Waals surface area contributed by atoms with Crippen molar-refractivity contribution in [2.75, 3.05) is 0 Å². The lowest BCUT2D eigenvalue weighted by atomic mass is 10.0. The normalized spacial score (nSPS) is 11.9. The minimum Gasteiger partial charge on any atom is -0.309 e. The maximum atomic E-state index is 2.46. The lowest BCUT2D eigenvalue weighted by Crippen LogP contribution is -1.96. The molecule has 0 amide bonds. The fourth-order valence-electron chi connectivity index (χ4n) is 12.5. The van der Waals surface area contributed by atoms with Crippen LogP contribution in [0.5, 0.6) is 0 Å². The van der Waals surface area contributed by atoms with Gasteiger partial charge in [0, 0.05) is 65.8 Å². The molecular formula is C72H46N4. The number of nitrogens with zero attached hydrogens (tertiary/aromatic N) is 4. The molecule has 0 saturated carbocycles. The number of rotatable bonds is 7. The molecule has 4 aromatic heterocycles. The van der Waals surface area contributed by atoms with Gasteiger partial charge in [0.2, 0.25) is 0 Å². The lowest BCUT2D eigenvalue weighted by molar-refractivity contribution is 1.16. The van der Waals surface area contributed by atoms with Crippen LogP contribution in [0.1, 0.15) is 0 Å².